The average Bonchev–Trinajstić information content (AvgIpc) is 2.40. The molecule has 2 nitrogen and oxygen atoms in total. The van der Waals surface area contributed by atoms with Crippen molar-refractivity contribution in [1.82, 2.24) is 4.90 Å². The average molecular weight is 246 g/mol. The van der Waals surface area contributed by atoms with Crippen molar-refractivity contribution < 1.29 is 0 Å². The van der Waals surface area contributed by atoms with Crippen LogP contribution >= 0.6 is 0 Å². The van der Waals surface area contributed by atoms with Gasteiger partial charge in [-0.05, 0) is 43.9 Å². The standard InChI is InChI=1S/C16H26N2/c1-3-14-8-4-5-9-15(14)12-18-11-7-6-10-16(18)13(2)17/h4-5,8-9,13,16H,3,6-7,10-12,17H2,1-2H3. The maximum absolute atomic E-state index is 6.14. The minimum Gasteiger partial charge on any atom is -0.327 e. The van der Waals surface area contributed by atoms with Crippen LogP contribution in [0.25, 0.3) is 0 Å². The predicted molar refractivity (Wildman–Crippen MR) is 77.5 cm³/mol. The zero-order valence-electron chi connectivity index (χ0n) is 11.7. The van der Waals surface area contributed by atoms with Gasteiger partial charge in [0.2, 0.25) is 0 Å². The Bertz CT molecular complexity index is 373. The molecule has 1 saturated heterocycles. The number of nitrogens with zero attached hydrogens (tertiary/aromatic N) is 1. The van der Waals surface area contributed by atoms with Crippen LogP contribution in [0.15, 0.2) is 24.3 Å². The smallest absolute Gasteiger partial charge is 0.0248 e. The highest BCUT2D eigenvalue weighted by molar-refractivity contribution is 5.27. The lowest BCUT2D eigenvalue weighted by Gasteiger charge is -2.38. The number of piperidine rings is 1. The Hall–Kier alpha value is -0.860. The molecule has 1 aliphatic rings. The molecule has 2 atom stereocenters. The fraction of sp³-hybridized carbons (Fsp3) is 0.625. The van der Waals surface area contributed by atoms with Crippen LogP contribution in [-0.4, -0.2) is 23.5 Å². The molecule has 1 aliphatic heterocycles. The number of nitrogens with two attached hydrogens (primary N) is 1. The highest BCUT2D eigenvalue weighted by Gasteiger charge is 2.25. The van der Waals surface area contributed by atoms with Crippen molar-refractivity contribution in [2.24, 2.45) is 5.73 Å². The first-order valence-corrected chi connectivity index (χ1v) is 7.28. The Morgan fingerprint density at radius 2 is 2.00 bits per heavy atom. The van der Waals surface area contributed by atoms with Crippen molar-refractivity contribution >= 4 is 0 Å². The molecule has 2 heteroatoms. The molecule has 0 bridgehead atoms. The quantitative estimate of drug-likeness (QED) is 0.885. The zero-order valence-corrected chi connectivity index (χ0v) is 11.7. The molecule has 0 spiro atoms. The van der Waals surface area contributed by atoms with E-state index < -0.39 is 0 Å². The van der Waals surface area contributed by atoms with E-state index in [9.17, 15) is 0 Å². The SMILES string of the molecule is CCc1ccccc1CN1CCCCC1C(C)N. The Morgan fingerprint density at radius 3 is 2.67 bits per heavy atom. The molecule has 0 saturated carbocycles. The van der Waals surface area contributed by atoms with E-state index in [0.29, 0.717) is 6.04 Å². The van der Waals surface area contributed by atoms with E-state index in [1.807, 2.05) is 0 Å². The number of likely N-dealkylation sites (tertiary alicyclic amines) is 1. The molecule has 1 heterocycles. The molecule has 1 aromatic carbocycles. The monoisotopic (exact) mass is 246 g/mol. The lowest BCUT2D eigenvalue weighted by Crippen LogP contribution is -2.48. The minimum absolute atomic E-state index is 0.277. The van der Waals surface area contributed by atoms with Gasteiger partial charge < -0.3 is 5.73 Å². The van der Waals surface area contributed by atoms with Gasteiger partial charge in [0.1, 0.15) is 0 Å². The van der Waals surface area contributed by atoms with Crippen molar-refractivity contribution in [1.29, 1.82) is 0 Å². The maximum atomic E-state index is 6.14. The van der Waals surface area contributed by atoms with E-state index in [1.165, 1.54) is 36.9 Å². The Kier molecular flexibility index (Phi) is 4.79. The van der Waals surface area contributed by atoms with E-state index >= 15 is 0 Å². The summed E-state index contributed by atoms with van der Waals surface area (Å²) in [5, 5.41) is 0. The third kappa shape index (κ3) is 3.12. The Morgan fingerprint density at radius 1 is 1.28 bits per heavy atom. The van der Waals surface area contributed by atoms with Crippen LogP contribution in [0.4, 0.5) is 0 Å². The van der Waals surface area contributed by atoms with Crippen LogP contribution in [0.3, 0.4) is 0 Å². The largest absolute Gasteiger partial charge is 0.327 e. The minimum atomic E-state index is 0.277. The second-order valence-electron chi connectivity index (χ2n) is 5.51. The van der Waals surface area contributed by atoms with Crippen molar-refractivity contribution in [3.05, 3.63) is 35.4 Å². The molecule has 18 heavy (non-hydrogen) atoms. The number of rotatable bonds is 4. The molecule has 1 fully saturated rings. The molecule has 0 radical (unpaired) electrons. The van der Waals surface area contributed by atoms with Gasteiger partial charge in [-0.3, -0.25) is 4.90 Å². The van der Waals surface area contributed by atoms with Gasteiger partial charge in [0.15, 0.2) is 0 Å². The fourth-order valence-corrected chi connectivity index (χ4v) is 3.08. The number of hydrogen-bond acceptors (Lipinski definition) is 2. The van der Waals surface area contributed by atoms with Gasteiger partial charge in [-0.1, -0.05) is 37.6 Å². The van der Waals surface area contributed by atoms with Gasteiger partial charge in [-0.25, -0.2) is 0 Å². The Balaban J connectivity index is 2.11. The summed E-state index contributed by atoms with van der Waals surface area (Å²) in [6.07, 6.45) is 5.02. The van der Waals surface area contributed by atoms with Crippen LogP contribution < -0.4 is 5.73 Å². The summed E-state index contributed by atoms with van der Waals surface area (Å²) >= 11 is 0. The van der Waals surface area contributed by atoms with E-state index in [2.05, 4.69) is 43.0 Å². The first kappa shape index (κ1) is 13.6. The van der Waals surface area contributed by atoms with Crippen molar-refractivity contribution in [3.8, 4) is 0 Å². The summed E-state index contributed by atoms with van der Waals surface area (Å²) in [4.78, 5) is 2.59. The molecular formula is C16H26N2. The number of hydrogen-bond donors (Lipinski definition) is 1. The van der Waals surface area contributed by atoms with Crippen LogP contribution in [0.5, 0.6) is 0 Å². The molecule has 2 rings (SSSR count). The number of aryl methyl sites for hydroxylation is 1. The first-order chi connectivity index (χ1) is 8.72. The lowest BCUT2D eigenvalue weighted by atomic mass is 9.95. The lowest BCUT2D eigenvalue weighted by molar-refractivity contribution is 0.122. The van der Waals surface area contributed by atoms with Crippen LogP contribution in [0.2, 0.25) is 0 Å². The molecule has 0 aromatic heterocycles. The highest BCUT2D eigenvalue weighted by Crippen LogP contribution is 2.22. The molecule has 0 amide bonds. The third-order valence-electron chi connectivity index (χ3n) is 4.14. The summed E-state index contributed by atoms with van der Waals surface area (Å²) < 4.78 is 0. The van der Waals surface area contributed by atoms with Gasteiger partial charge in [0.25, 0.3) is 0 Å². The van der Waals surface area contributed by atoms with E-state index in [4.69, 9.17) is 5.73 Å². The van der Waals surface area contributed by atoms with Crippen molar-refractivity contribution in [2.75, 3.05) is 6.54 Å². The number of benzene rings is 1. The normalized spacial score (nSPS) is 22.9. The molecular weight excluding hydrogens is 220 g/mol. The summed E-state index contributed by atoms with van der Waals surface area (Å²) in [7, 11) is 0. The topological polar surface area (TPSA) is 29.3 Å². The van der Waals surface area contributed by atoms with Crippen LogP contribution in [-0.2, 0) is 13.0 Å². The second-order valence-corrected chi connectivity index (χ2v) is 5.51. The van der Waals surface area contributed by atoms with Gasteiger partial charge in [-0.2, -0.15) is 0 Å². The van der Waals surface area contributed by atoms with Gasteiger partial charge >= 0.3 is 0 Å². The molecule has 2 unspecified atom stereocenters. The van der Waals surface area contributed by atoms with Crippen LogP contribution in [0.1, 0.15) is 44.2 Å². The maximum Gasteiger partial charge on any atom is 0.0248 e. The molecule has 0 aliphatic carbocycles. The van der Waals surface area contributed by atoms with E-state index in [-0.39, 0.29) is 6.04 Å². The van der Waals surface area contributed by atoms with Gasteiger partial charge in [0, 0.05) is 18.6 Å². The van der Waals surface area contributed by atoms with Crippen LogP contribution in [0, 0.1) is 0 Å². The summed E-state index contributed by atoms with van der Waals surface area (Å²) in [5.74, 6) is 0. The Labute approximate surface area is 111 Å². The first-order valence-electron chi connectivity index (χ1n) is 7.28. The molecule has 1 aromatic rings. The van der Waals surface area contributed by atoms with Gasteiger partial charge in [0.05, 0.1) is 0 Å². The molecule has 100 valence electrons. The van der Waals surface area contributed by atoms with Gasteiger partial charge in [-0.15, -0.1) is 0 Å². The van der Waals surface area contributed by atoms with E-state index in [0.717, 1.165) is 13.0 Å². The van der Waals surface area contributed by atoms with Crippen molar-refractivity contribution in [2.45, 2.75) is 58.2 Å². The molecule has 2 N–H and O–H groups in total. The summed E-state index contributed by atoms with van der Waals surface area (Å²) in [6, 6.07) is 9.65. The predicted octanol–water partition coefficient (Wildman–Crippen LogP) is 2.95. The van der Waals surface area contributed by atoms with Crippen molar-refractivity contribution in [3.63, 3.8) is 0 Å². The summed E-state index contributed by atoms with van der Waals surface area (Å²) in [6.45, 7) is 6.65. The summed E-state index contributed by atoms with van der Waals surface area (Å²) in [5.41, 5.74) is 9.10. The second kappa shape index (κ2) is 6.35. The highest BCUT2D eigenvalue weighted by atomic mass is 15.2. The fourth-order valence-electron chi connectivity index (χ4n) is 3.08. The van der Waals surface area contributed by atoms with E-state index in [1.54, 1.807) is 0 Å². The third-order valence-corrected chi connectivity index (χ3v) is 4.14. The zero-order chi connectivity index (χ0) is 13.0.